The largest absolute Gasteiger partial charge is 0.504 e. The molecule has 0 aliphatic carbocycles. The fraction of sp³-hybridized carbons (Fsp3) is 0.143. The van der Waals surface area contributed by atoms with Crippen molar-refractivity contribution in [3.05, 3.63) is 66.2 Å². The Hall–Kier alpha value is -3.54. The van der Waals surface area contributed by atoms with E-state index in [1.807, 2.05) is 49.4 Å². The highest BCUT2D eigenvalue weighted by Gasteiger charge is 2.05. The number of benzene rings is 3. The molecule has 0 radical (unpaired) electrons. The minimum absolute atomic E-state index is 0.0570. The second-order valence-corrected chi connectivity index (χ2v) is 5.72. The monoisotopic (exact) mass is 364 g/mol. The number of fused-ring (bicyclic) bond motifs is 1. The Balaban J connectivity index is 1.57. The number of carbonyl (C=O) groups is 1. The molecule has 0 aromatic heterocycles. The summed E-state index contributed by atoms with van der Waals surface area (Å²) in [5.74, 6) is 0.698. The summed E-state index contributed by atoms with van der Waals surface area (Å²) >= 11 is 0. The number of nitrogens with zero attached hydrogens (tertiary/aromatic N) is 1. The van der Waals surface area contributed by atoms with Crippen LogP contribution in [0.15, 0.2) is 65.8 Å². The molecule has 0 atom stereocenters. The number of hydrogen-bond acceptors (Lipinski definition) is 5. The van der Waals surface area contributed by atoms with E-state index in [9.17, 15) is 9.90 Å². The molecular formula is C21H20N2O4. The van der Waals surface area contributed by atoms with E-state index in [-0.39, 0.29) is 18.3 Å². The maximum Gasteiger partial charge on any atom is 0.277 e. The quantitative estimate of drug-likeness (QED) is 0.497. The van der Waals surface area contributed by atoms with Crippen molar-refractivity contribution >= 4 is 22.9 Å². The van der Waals surface area contributed by atoms with Gasteiger partial charge in [0, 0.05) is 5.39 Å². The minimum Gasteiger partial charge on any atom is -0.504 e. The van der Waals surface area contributed by atoms with Crippen molar-refractivity contribution in [3.8, 4) is 17.2 Å². The fourth-order valence-corrected chi connectivity index (χ4v) is 2.56. The van der Waals surface area contributed by atoms with Crippen LogP contribution >= 0.6 is 0 Å². The van der Waals surface area contributed by atoms with Crippen LogP contribution in [0.5, 0.6) is 17.2 Å². The average molecular weight is 364 g/mol. The van der Waals surface area contributed by atoms with Crippen molar-refractivity contribution in [2.45, 2.75) is 6.92 Å². The zero-order valence-electron chi connectivity index (χ0n) is 14.9. The van der Waals surface area contributed by atoms with Gasteiger partial charge in [0.1, 0.15) is 5.75 Å². The smallest absolute Gasteiger partial charge is 0.277 e. The van der Waals surface area contributed by atoms with Crippen molar-refractivity contribution in [3.63, 3.8) is 0 Å². The van der Waals surface area contributed by atoms with Gasteiger partial charge in [-0.05, 0) is 42.1 Å². The van der Waals surface area contributed by atoms with Crippen LogP contribution in [0.25, 0.3) is 10.8 Å². The third-order valence-corrected chi connectivity index (χ3v) is 3.79. The molecule has 3 rings (SSSR count). The van der Waals surface area contributed by atoms with E-state index < -0.39 is 0 Å². The zero-order chi connectivity index (χ0) is 19.1. The Morgan fingerprint density at radius 3 is 2.74 bits per heavy atom. The van der Waals surface area contributed by atoms with Crippen LogP contribution in [0.3, 0.4) is 0 Å². The lowest BCUT2D eigenvalue weighted by Crippen LogP contribution is -2.24. The normalized spacial score (nSPS) is 10.9. The standard InChI is InChI=1S/C21H20N2O4/c1-2-26-20-12-15(10-11-18(20)24)13-22-23-21(25)14-27-19-9-5-7-16-6-3-4-8-17(16)19/h3-13,24H,2,14H2,1H3,(H,23,25)/b22-13-. The Morgan fingerprint density at radius 1 is 1.07 bits per heavy atom. The summed E-state index contributed by atoms with van der Waals surface area (Å²) in [6.45, 7) is 2.12. The van der Waals surface area contributed by atoms with Gasteiger partial charge in [-0.15, -0.1) is 0 Å². The number of ether oxygens (including phenoxy) is 2. The highest BCUT2D eigenvalue weighted by molar-refractivity contribution is 5.89. The van der Waals surface area contributed by atoms with Crippen LogP contribution in [0.2, 0.25) is 0 Å². The molecule has 0 saturated carbocycles. The number of carbonyl (C=O) groups excluding carboxylic acids is 1. The van der Waals surface area contributed by atoms with Gasteiger partial charge < -0.3 is 14.6 Å². The summed E-state index contributed by atoms with van der Waals surface area (Å²) in [4.78, 5) is 12.0. The molecule has 0 aliphatic rings. The molecule has 6 heteroatoms. The fourth-order valence-electron chi connectivity index (χ4n) is 2.56. The van der Waals surface area contributed by atoms with E-state index in [2.05, 4.69) is 10.5 Å². The first kappa shape index (κ1) is 18.3. The SMILES string of the molecule is CCOc1cc(/C=N\NC(=O)COc2cccc3ccccc23)ccc1O. The first-order chi connectivity index (χ1) is 13.2. The lowest BCUT2D eigenvalue weighted by Gasteiger charge is -2.08. The summed E-state index contributed by atoms with van der Waals surface area (Å²) in [6, 6.07) is 18.3. The van der Waals surface area contributed by atoms with Gasteiger partial charge in [-0.2, -0.15) is 5.10 Å². The molecule has 0 spiro atoms. The van der Waals surface area contributed by atoms with Gasteiger partial charge in [0.05, 0.1) is 12.8 Å². The Bertz CT molecular complexity index is 964. The number of hydrogen-bond donors (Lipinski definition) is 2. The van der Waals surface area contributed by atoms with Gasteiger partial charge in [-0.3, -0.25) is 4.79 Å². The van der Waals surface area contributed by atoms with Gasteiger partial charge in [-0.1, -0.05) is 36.4 Å². The summed E-state index contributed by atoms with van der Waals surface area (Å²) in [7, 11) is 0. The predicted octanol–water partition coefficient (Wildman–Crippen LogP) is 3.47. The maximum absolute atomic E-state index is 12.0. The molecule has 0 fully saturated rings. The summed E-state index contributed by atoms with van der Waals surface area (Å²) in [6.07, 6.45) is 1.47. The maximum atomic E-state index is 12.0. The van der Waals surface area contributed by atoms with Crippen molar-refractivity contribution in [2.24, 2.45) is 5.10 Å². The topological polar surface area (TPSA) is 80.2 Å². The van der Waals surface area contributed by atoms with E-state index in [4.69, 9.17) is 9.47 Å². The number of amides is 1. The van der Waals surface area contributed by atoms with Gasteiger partial charge in [0.15, 0.2) is 18.1 Å². The van der Waals surface area contributed by atoms with E-state index in [0.717, 1.165) is 10.8 Å². The second kappa shape index (κ2) is 8.71. The molecule has 3 aromatic carbocycles. The molecule has 0 saturated heterocycles. The van der Waals surface area contributed by atoms with Crippen LogP contribution in [-0.2, 0) is 4.79 Å². The average Bonchev–Trinajstić information content (AvgIpc) is 2.69. The van der Waals surface area contributed by atoms with Crippen molar-refractivity contribution in [1.82, 2.24) is 5.43 Å². The Labute approximate surface area is 157 Å². The van der Waals surface area contributed by atoms with E-state index in [1.165, 1.54) is 12.3 Å². The molecule has 0 heterocycles. The van der Waals surface area contributed by atoms with Crippen LogP contribution in [0.4, 0.5) is 0 Å². The first-order valence-corrected chi connectivity index (χ1v) is 8.55. The van der Waals surface area contributed by atoms with Crippen LogP contribution < -0.4 is 14.9 Å². The molecule has 3 aromatic rings. The first-order valence-electron chi connectivity index (χ1n) is 8.55. The third-order valence-electron chi connectivity index (χ3n) is 3.79. The second-order valence-electron chi connectivity index (χ2n) is 5.72. The molecule has 6 nitrogen and oxygen atoms in total. The van der Waals surface area contributed by atoms with Crippen LogP contribution in [0, 0.1) is 0 Å². The highest BCUT2D eigenvalue weighted by atomic mass is 16.5. The minimum atomic E-state index is -0.372. The third kappa shape index (κ3) is 4.76. The number of hydrazone groups is 1. The molecule has 0 aliphatic heterocycles. The van der Waals surface area contributed by atoms with Gasteiger partial charge >= 0.3 is 0 Å². The van der Waals surface area contributed by atoms with Gasteiger partial charge in [0.2, 0.25) is 0 Å². The number of rotatable bonds is 7. The predicted molar refractivity (Wildman–Crippen MR) is 104 cm³/mol. The molecule has 2 N–H and O–H groups in total. The summed E-state index contributed by atoms with van der Waals surface area (Å²) in [5, 5.41) is 15.6. The Morgan fingerprint density at radius 2 is 1.89 bits per heavy atom. The lowest BCUT2D eigenvalue weighted by molar-refractivity contribution is -0.123. The summed E-state index contributed by atoms with van der Waals surface area (Å²) in [5.41, 5.74) is 3.10. The van der Waals surface area contributed by atoms with Crippen LogP contribution in [0.1, 0.15) is 12.5 Å². The van der Waals surface area contributed by atoms with Gasteiger partial charge in [0.25, 0.3) is 5.91 Å². The van der Waals surface area contributed by atoms with Crippen molar-refractivity contribution in [1.29, 1.82) is 0 Å². The van der Waals surface area contributed by atoms with Crippen molar-refractivity contribution < 1.29 is 19.4 Å². The highest BCUT2D eigenvalue weighted by Crippen LogP contribution is 2.26. The molecule has 27 heavy (non-hydrogen) atoms. The summed E-state index contributed by atoms with van der Waals surface area (Å²) < 4.78 is 10.9. The van der Waals surface area contributed by atoms with E-state index >= 15 is 0 Å². The van der Waals surface area contributed by atoms with Crippen LogP contribution in [-0.4, -0.2) is 30.4 Å². The van der Waals surface area contributed by atoms with E-state index in [1.54, 1.807) is 12.1 Å². The molecule has 0 bridgehead atoms. The number of nitrogens with one attached hydrogen (secondary N) is 1. The number of phenolic OH excluding ortho intramolecular Hbond substituents is 1. The zero-order valence-corrected chi connectivity index (χ0v) is 14.9. The van der Waals surface area contributed by atoms with E-state index in [0.29, 0.717) is 23.7 Å². The molecule has 0 unspecified atom stereocenters. The lowest BCUT2D eigenvalue weighted by atomic mass is 10.1. The molecule has 1 amide bonds. The molecular weight excluding hydrogens is 344 g/mol. The Kier molecular flexibility index (Phi) is 5.89. The molecule has 138 valence electrons. The van der Waals surface area contributed by atoms with Crippen molar-refractivity contribution in [2.75, 3.05) is 13.2 Å². The number of aromatic hydroxyl groups is 1. The number of phenols is 1. The van der Waals surface area contributed by atoms with Gasteiger partial charge in [-0.25, -0.2) is 5.43 Å².